The fourth-order valence-corrected chi connectivity index (χ4v) is 4.51. The second-order valence-electron chi connectivity index (χ2n) is 7.48. The molecule has 4 aromatic carbocycles. The van der Waals surface area contributed by atoms with Gasteiger partial charge in [-0.2, -0.15) is 27.1 Å². The van der Waals surface area contributed by atoms with E-state index in [9.17, 15) is 26.5 Å². The van der Waals surface area contributed by atoms with Gasteiger partial charge in [-0.1, -0.05) is 18.2 Å². The van der Waals surface area contributed by atoms with E-state index in [0.717, 1.165) is 0 Å². The molecule has 0 fully saturated rings. The van der Waals surface area contributed by atoms with Crippen molar-refractivity contribution in [1.82, 2.24) is 0 Å². The Morgan fingerprint density at radius 1 is 0.684 bits per heavy atom. The number of benzene rings is 4. The topological polar surface area (TPSA) is 188 Å². The van der Waals surface area contributed by atoms with Crippen LogP contribution in [0.15, 0.2) is 103 Å². The van der Waals surface area contributed by atoms with Crippen molar-refractivity contribution in [3.05, 3.63) is 72.8 Å². The largest absolute Gasteiger partial charge is 1.00 e. The van der Waals surface area contributed by atoms with Crippen LogP contribution in [0.4, 0.5) is 22.7 Å². The average Bonchev–Trinajstić information content (AvgIpc) is 2.86. The number of azo groups is 2. The van der Waals surface area contributed by atoms with Crippen molar-refractivity contribution in [2.75, 3.05) is 7.11 Å². The number of rotatable bonds is 7. The average molecular weight is 566 g/mol. The van der Waals surface area contributed by atoms with Crippen molar-refractivity contribution in [2.45, 2.75) is 9.79 Å². The van der Waals surface area contributed by atoms with Gasteiger partial charge in [0.25, 0.3) is 20.2 Å². The van der Waals surface area contributed by atoms with Gasteiger partial charge in [-0.05, 0) is 48.5 Å². The molecule has 4 rings (SSSR count). The molecule has 0 saturated carbocycles. The third-order valence-corrected chi connectivity index (χ3v) is 6.87. The van der Waals surface area contributed by atoms with Gasteiger partial charge >= 0.3 is 29.6 Å². The van der Waals surface area contributed by atoms with Crippen LogP contribution >= 0.6 is 0 Å². The van der Waals surface area contributed by atoms with Crippen molar-refractivity contribution in [3.8, 4) is 11.5 Å². The number of hydrogen-bond donors (Lipinski definition) is 3. The van der Waals surface area contributed by atoms with Gasteiger partial charge in [-0.25, -0.2) is 0 Å². The summed E-state index contributed by atoms with van der Waals surface area (Å²) in [5.74, 6) is -0.0352. The van der Waals surface area contributed by atoms with Crippen LogP contribution in [-0.4, -0.2) is 38.2 Å². The van der Waals surface area contributed by atoms with E-state index in [1.807, 2.05) is 0 Å². The summed E-state index contributed by atoms with van der Waals surface area (Å²) in [7, 11) is -7.39. The van der Waals surface area contributed by atoms with E-state index in [2.05, 4.69) is 20.5 Å². The molecular formula is C23H18N4NaO8S2+. The Labute approximate surface area is 239 Å². The quantitative estimate of drug-likeness (QED) is 0.173. The molecule has 0 aliphatic heterocycles. The van der Waals surface area contributed by atoms with Crippen molar-refractivity contribution in [2.24, 2.45) is 20.5 Å². The van der Waals surface area contributed by atoms with Gasteiger partial charge in [0.1, 0.15) is 22.0 Å². The molecule has 15 heteroatoms. The predicted octanol–water partition coefficient (Wildman–Crippen LogP) is 2.88. The molecule has 3 N–H and O–H groups in total. The first-order chi connectivity index (χ1) is 17.5. The summed E-state index contributed by atoms with van der Waals surface area (Å²) in [5, 5.41) is 27.1. The van der Waals surface area contributed by atoms with Crippen LogP contribution in [0.1, 0.15) is 0 Å². The van der Waals surface area contributed by atoms with E-state index in [1.54, 1.807) is 12.1 Å². The standard InChI is InChI=1S/C23H18N4O8S2.Na/c1-35-21-13-15(25-24-14-5-8-16(9-6-14)36(29,30)31)7-11-19(21)26-27-20-12-10-17-18(23(20)28)3-2-4-22(17)37(32,33)34;/h2-13,28H,1H3,(H,29,30,31)(H,32,33,34);/q;+1. The van der Waals surface area contributed by atoms with Gasteiger partial charge in [-0.15, -0.1) is 10.2 Å². The van der Waals surface area contributed by atoms with E-state index in [4.69, 9.17) is 9.29 Å². The fourth-order valence-electron chi connectivity index (χ4n) is 3.33. The first kappa shape index (κ1) is 29.3. The summed E-state index contributed by atoms with van der Waals surface area (Å²) in [6.07, 6.45) is 0. The second-order valence-corrected chi connectivity index (χ2v) is 10.3. The zero-order chi connectivity index (χ0) is 26.8. The first-order valence-electron chi connectivity index (χ1n) is 10.3. The molecule has 190 valence electrons. The molecule has 0 saturated heterocycles. The van der Waals surface area contributed by atoms with Gasteiger partial charge in [0.15, 0.2) is 5.75 Å². The third kappa shape index (κ3) is 6.60. The Morgan fingerprint density at radius 2 is 1.29 bits per heavy atom. The molecule has 0 aromatic heterocycles. The van der Waals surface area contributed by atoms with Gasteiger partial charge in [-0.3, -0.25) is 9.11 Å². The minimum atomic E-state index is -4.49. The zero-order valence-corrected chi connectivity index (χ0v) is 23.5. The van der Waals surface area contributed by atoms with Crippen LogP contribution in [0.2, 0.25) is 0 Å². The molecule has 0 spiro atoms. The Bertz CT molecular complexity index is 1780. The molecule has 12 nitrogen and oxygen atoms in total. The number of ether oxygens (including phenoxy) is 1. The molecule has 0 heterocycles. The van der Waals surface area contributed by atoms with E-state index >= 15 is 0 Å². The molecule has 38 heavy (non-hydrogen) atoms. The fraction of sp³-hybridized carbons (Fsp3) is 0.0435. The number of aromatic hydroxyl groups is 1. The molecule has 0 aliphatic rings. The van der Waals surface area contributed by atoms with E-state index in [0.29, 0.717) is 17.1 Å². The third-order valence-electron chi connectivity index (χ3n) is 5.09. The maximum Gasteiger partial charge on any atom is 1.00 e. The number of hydrogen-bond acceptors (Lipinski definition) is 10. The molecule has 0 amide bonds. The van der Waals surface area contributed by atoms with Gasteiger partial charge in [0.2, 0.25) is 0 Å². The number of methoxy groups -OCH3 is 1. The summed E-state index contributed by atoms with van der Waals surface area (Å²) in [6, 6.07) is 16.6. The maximum atomic E-state index is 11.6. The monoisotopic (exact) mass is 565 g/mol. The summed E-state index contributed by atoms with van der Waals surface area (Å²) < 4.78 is 69.2. The second kappa shape index (κ2) is 11.7. The van der Waals surface area contributed by atoms with Crippen LogP contribution in [0.3, 0.4) is 0 Å². The van der Waals surface area contributed by atoms with Gasteiger partial charge in [0, 0.05) is 16.8 Å². The van der Waals surface area contributed by atoms with Crippen LogP contribution in [0.5, 0.6) is 11.5 Å². The molecule has 0 atom stereocenters. The normalized spacial score (nSPS) is 12.2. The number of nitrogens with zero attached hydrogens (tertiary/aromatic N) is 4. The van der Waals surface area contributed by atoms with E-state index in [1.165, 1.54) is 67.8 Å². The summed E-state index contributed by atoms with van der Waals surface area (Å²) in [4.78, 5) is -0.608. The van der Waals surface area contributed by atoms with Crippen molar-refractivity contribution < 1.29 is 65.3 Å². The molecule has 0 unspecified atom stereocenters. The van der Waals surface area contributed by atoms with E-state index in [-0.39, 0.29) is 67.3 Å². The Balaban J connectivity index is 0.00000400. The number of fused-ring (bicyclic) bond motifs is 1. The summed E-state index contributed by atoms with van der Waals surface area (Å²) in [6.45, 7) is 0. The summed E-state index contributed by atoms with van der Waals surface area (Å²) >= 11 is 0. The summed E-state index contributed by atoms with van der Waals surface area (Å²) in [5.41, 5.74) is 1.09. The molecule has 0 aliphatic carbocycles. The maximum absolute atomic E-state index is 11.6. The smallest absolute Gasteiger partial charge is 0.505 e. The number of phenols is 1. The molecular weight excluding hydrogens is 547 g/mol. The molecule has 0 radical (unpaired) electrons. The van der Waals surface area contributed by atoms with Crippen LogP contribution in [-0.2, 0) is 20.2 Å². The Hall–Kier alpha value is -3.24. The van der Waals surface area contributed by atoms with Crippen molar-refractivity contribution >= 4 is 53.8 Å². The van der Waals surface area contributed by atoms with Gasteiger partial charge in [0.05, 0.1) is 23.4 Å². The molecule has 0 bridgehead atoms. The van der Waals surface area contributed by atoms with Crippen LogP contribution in [0, 0.1) is 0 Å². The minimum Gasteiger partial charge on any atom is -0.505 e. The van der Waals surface area contributed by atoms with E-state index < -0.39 is 20.2 Å². The van der Waals surface area contributed by atoms with Crippen molar-refractivity contribution in [1.29, 1.82) is 0 Å². The van der Waals surface area contributed by atoms with Crippen LogP contribution < -0.4 is 34.3 Å². The number of phenolic OH excluding ortho intramolecular Hbond substituents is 1. The predicted molar refractivity (Wildman–Crippen MR) is 133 cm³/mol. The van der Waals surface area contributed by atoms with Gasteiger partial charge < -0.3 is 9.84 Å². The van der Waals surface area contributed by atoms with Crippen molar-refractivity contribution in [3.63, 3.8) is 0 Å². The Morgan fingerprint density at radius 3 is 1.92 bits per heavy atom. The van der Waals surface area contributed by atoms with Crippen LogP contribution in [0.25, 0.3) is 10.8 Å². The Kier molecular flexibility index (Phi) is 8.99. The zero-order valence-electron chi connectivity index (χ0n) is 19.9. The minimum absolute atomic E-state index is 0. The SMILES string of the molecule is COc1cc(N=Nc2ccc(S(=O)(=O)O)cc2)ccc1N=Nc1ccc2c(S(=O)(=O)O)cccc2c1O.[Na+]. The first-order valence-corrected chi connectivity index (χ1v) is 13.2. The molecule has 4 aromatic rings.